The molecule has 5 heteroatoms. The van der Waals surface area contributed by atoms with Crippen LogP contribution in [0.25, 0.3) is 33.4 Å². The van der Waals surface area contributed by atoms with Crippen LogP contribution in [0.1, 0.15) is 24.8 Å². The van der Waals surface area contributed by atoms with Gasteiger partial charge in [0.2, 0.25) is 0 Å². The number of pyridine rings is 1. The summed E-state index contributed by atoms with van der Waals surface area (Å²) in [6.07, 6.45) is 3.57. The lowest BCUT2D eigenvalue weighted by molar-refractivity contribution is 0.144. The van der Waals surface area contributed by atoms with Crippen molar-refractivity contribution in [1.82, 2.24) is 14.9 Å². The van der Waals surface area contributed by atoms with Gasteiger partial charge in [0.25, 0.3) is 0 Å². The summed E-state index contributed by atoms with van der Waals surface area (Å²) in [5.41, 5.74) is 6.03. The van der Waals surface area contributed by atoms with Crippen molar-refractivity contribution in [2.75, 3.05) is 0 Å². The minimum atomic E-state index is -0.967. The number of rotatable bonds is 4. The minimum Gasteiger partial charge on any atom is -0.465 e. The molecule has 2 heterocycles. The third-order valence-corrected chi connectivity index (χ3v) is 6.27. The van der Waals surface area contributed by atoms with E-state index in [9.17, 15) is 9.90 Å². The van der Waals surface area contributed by atoms with Crippen LogP contribution in [-0.4, -0.2) is 20.8 Å². The van der Waals surface area contributed by atoms with Gasteiger partial charge in [-0.05, 0) is 48.1 Å². The maximum Gasteiger partial charge on any atom is 0.405 e. The topological polar surface area (TPSA) is 67.2 Å². The summed E-state index contributed by atoms with van der Waals surface area (Å²) < 4.78 is 2.15. The summed E-state index contributed by atoms with van der Waals surface area (Å²) in [6.45, 7) is 0. The Morgan fingerprint density at radius 3 is 2.37 bits per heavy atom. The van der Waals surface area contributed by atoms with Gasteiger partial charge in [-0.1, -0.05) is 54.6 Å². The molecule has 5 rings (SSSR count). The van der Waals surface area contributed by atoms with Crippen molar-refractivity contribution in [1.29, 1.82) is 0 Å². The molecule has 0 spiro atoms. The Morgan fingerprint density at radius 1 is 1.00 bits per heavy atom. The van der Waals surface area contributed by atoms with Crippen molar-refractivity contribution in [2.45, 2.75) is 24.8 Å². The van der Waals surface area contributed by atoms with Crippen molar-refractivity contribution in [3.05, 3.63) is 78.5 Å². The molecular weight excluding hydrogens is 374 g/mol. The van der Waals surface area contributed by atoms with Crippen LogP contribution in [0.3, 0.4) is 0 Å². The Morgan fingerprint density at radius 2 is 1.73 bits per heavy atom. The maximum atomic E-state index is 11.3. The Labute approximate surface area is 175 Å². The van der Waals surface area contributed by atoms with Crippen LogP contribution >= 0.6 is 0 Å². The van der Waals surface area contributed by atoms with Gasteiger partial charge < -0.3 is 15.0 Å². The lowest BCUT2D eigenvalue weighted by atomic mass is 9.71. The SMILES string of the molecule is Cn1c(-c2ccccc2)c(-c2ccc(C3(NC(=O)O)CCC3)cc2)c2cccnc21. The molecule has 2 aromatic carbocycles. The Kier molecular flexibility index (Phi) is 4.31. The second-order valence-electron chi connectivity index (χ2n) is 7.97. The molecule has 5 nitrogen and oxygen atoms in total. The second kappa shape index (κ2) is 7.02. The number of aryl methyl sites for hydroxylation is 1. The zero-order valence-corrected chi connectivity index (χ0v) is 16.8. The average molecular weight is 397 g/mol. The van der Waals surface area contributed by atoms with E-state index in [1.54, 1.807) is 0 Å². The van der Waals surface area contributed by atoms with E-state index in [0.717, 1.165) is 58.2 Å². The highest BCUT2D eigenvalue weighted by Gasteiger charge is 2.40. The number of aromatic nitrogens is 2. The molecule has 150 valence electrons. The van der Waals surface area contributed by atoms with E-state index in [-0.39, 0.29) is 0 Å². The maximum absolute atomic E-state index is 11.3. The van der Waals surface area contributed by atoms with Gasteiger partial charge in [0, 0.05) is 24.2 Å². The number of nitrogens with one attached hydrogen (secondary N) is 1. The molecule has 0 atom stereocenters. The zero-order chi connectivity index (χ0) is 20.7. The number of carbonyl (C=O) groups is 1. The molecule has 1 aliphatic rings. The van der Waals surface area contributed by atoms with E-state index in [0.29, 0.717) is 0 Å². The van der Waals surface area contributed by atoms with Gasteiger partial charge in [-0.25, -0.2) is 9.78 Å². The summed E-state index contributed by atoms with van der Waals surface area (Å²) in [5, 5.41) is 13.1. The third kappa shape index (κ3) is 2.86. The van der Waals surface area contributed by atoms with Crippen molar-refractivity contribution < 1.29 is 9.90 Å². The normalized spacial score (nSPS) is 15.0. The highest BCUT2D eigenvalue weighted by atomic mass is 16.4. The monoisotopic (exact) mass is 397 g/mol. The fraction of sp³-hybridized carbons (Fsp3) is 0.200. The predicted molar refractivity (Wildman–Crippen MR) is 118 cm³/mol. The van der Waals surface area contributed by atoms with Crippen molar-refractivity contribution >= 4 is 17.1 Å². The molecule has 0 radical (unpaired) electrons. The van der Waals surface area contributed by atoms with Crippen LogP contribution in [-0.2, 0) is 12.6 Å². The number of hydrogen-bond donors (Lipinski definition) is 2. The number of hydrogen-bond acceptors (Lipinski definition) is 2. The fourth-order valence-electron chi connectivity index (χ4n) is 4.66. The highest BCUT2D eigenvalue weighted by molar-refractivity contribution is 6.03. The van der Waals surface area contributed by atoms with Gasteiger partial charge in [-0.2, -0.15) is 0 Å². The standard InChI is InChI=1S/C25H23N3O2/c1-28-22(18-7-3-2-4-8-18)21(20-9-5-16-26-23(20)28)17-10-12-19(13-11-17)25(14-6-15-25)27-24(29)30/h2-5,7-13,16,27H,6,14-15H2,1H3,(H,29,30). The molecular formula is C25H23N3O2. The largest absolute Gasteiger partial charge is 0.465 e. The Hall–Kier alpha value is -3.60. The van der Waals surface area contributed by atoms with Crippen molar-refractivity contribution in [3.8, 4) is 22.4 Å². The lowest BCUT2D eigenvalue weighted by Crippen LogP contribution is -2.50. The molecule has 0 unspecified atom stereocenters. The average Bonchev–Trinajstić information content (AvgIpc) is 3.04. The summed E-state index contributed by atoms with van der Waals surface area (Å²) in [4.78, 5) is 15.9. The lowest BCUT2D eigenvalue weighted by Gasteiger charge is -2.42. The zero-order valence-electron chi connectivity index (χ0n) is 16.8. The number of amides is 1. The third-order valence-electron chi connectivity index (χ3n) is 6.27. The first kappa shape index (κ1) is 18.4. The Balaban J connectivity index is 1.66. The van der Waals surface area contributed by atoms with Gasteiger partial charge in [-0.15, -0.1) is 0 Å². The van der Waals surface area contributed by atoms with E-state index < -0.39 is 11.6 Å². The van der Waals surface area contributed by atoms with E-state index in [2.05, 4.69) is 64.4 Å². The minimum absolute atomic E-state index is 0.451. The van der Waals surface area contributed by atoms with E-state index >= 15 is 0 Å². The summed E-state index contributed by atoms with van der Waals surface area (Å²) in [5.74, 6) is 0. The molecule has 1 amide bonds. The molecule has 2 N–H and O–H groups in total. The predicted octanol–water partition coefficient (Wildman–Crippen LogP) is 5.55. The smallest absolute Gasteiger partial charge is 0.405 e. The molecule has 4 aromatic rings. The van der Waals surface area contributed by atoms with Crippen LogP contribution in [0.5, 0.6) is 0 Å². The van der Waals surface area contributed by atoms with Gasteiger partial charge in [0.15, 0.2) is 0 Å². The van der Waals surface area contributed by atoms with E-state index in [4.69, 9.17) is 0 Å². The summed E-state index contributed by atoms with van der Waals surface area (Å²) >= 11 is 0. The van der Waals surface area contributed by atoms with Crippen molar-refractivity contribution in [3.63, 3.8) is 0 Å². The van der Waals surface area contributed by atoms with Gasteiger partial charge in [0.05, 0.1) is 11.2 Å². The number of fused-ring (bicyclic) bond motifs is 1. The van der Waals surface area contributed by atoms with Crippen LogP contribution < -0.4 is 5.32 Å². The summed E-state index contributed by atoms with van der Waals surface area (Å²) in [6, 6.07) is 22.8. The molecule has 2 aromatic heterocycles. The van der Waals surface area contributed by atoms with E-state index in [1.807, 2.05) is 30.5 Å². The molecule has 0 saturated heterocycles. The number of carboxylic acid groups (broad SMARTS) is 1. The van der Waals surface area contributed by atoms with Gasteiger partial charge in [-0.3, -0.25) is 0 Å². The van der Waals surface area contributed by atoms with Crippen LogP contribution in [0.4, 0.5) is 4.79 Å². The van der Waals surface area contributed by atoms with Crippen LogP contribution in [0.2, 0.25) is 0 Å². The fourth-order valence-corrected chi connectivity index (χ4v) is 4.66. The molecule has 0 aliphatic heterocycles. The Bertz CT molecular complexity index is 1220. The van der Waals surface area contributed by atoms with Crippen LogP contribution in [0.15, 0.2) is 72.9 Å². The molecule has 1 fully saturated rings. The molecule has 1 aliphatic carbocycles. The van der Waals surface area contributed by atoms with E-state index in [1.165, 1.54) is 0 Å². The summed E-state index contributed by atoms with van der Waals surface area (Å²) in [7, 11) is 2.05. The second-order valence-corrected chi connectivity index (χ2v) is 7.97. The highest BCUT2D eigenvalue weighted by Crippen LogP contribution is 2.43. The van der Waals surface area contributed by atoms with Crippen molar-refractivity contribution in [2.24, 2.45) is 7.05 Å². The van der Waals surface area contributed by atoms with Gasteiger partial charge >= 0.3 is 6.09 Å². The van der Waals surface area contributed by atoms with Gasteiger partial charge in [0.1, 0.15) is 5.65 Å². The first-order valence-electron chi connectivity index (χ1n) is 10.2. The first-order chi connectivity index (χ1) is 14.6. The number of benzene rings is 2. The molecule has 0 bridgehead atoms. The molecule has 1 saturated carbocycles. The quantitative estimate of drug-likeness (QED) is 0.474. The molecule has 30 heavy (non-hydrogen) atoms. The van der Waals surface area contributed by atoms with Crippen LogP contribution in [0, 0.1) is 0 Å². The number of nitrogens with zero attached hydrogens (tertiary/aromatic N) is 2. The first-order valence-corrected chi connectivity index (χ1v) is 10.2.